The summed E-state index contributed by atoms with van der Waals surface area (Å²) in [5, 5.41) is 0.753. The molecule has 1 aromatic rings. The second-order valence-corrected chi connectivity index (χ2v) is 4.38. The summed E-state index contributed by atoms with van der Waals surface area (Å²) >= 11 is 5.80. The molecule has 0 saturated heterocycles. The minimum absolute atomic E-state index is 0.273. The smallest absolute Gasteiger partial charge is 0.0406 e. The highest BCUT2D eigenvalue weighted by Gasteiger charge is 2.24. The summed E-state index contributed by atoms with van der Waals surface area (Å²) in [6.45, 7) is 6.28. The number of nitrogens with two attached hydrogens (primary N) is 1. The summed E-state index contributed by atoms with van der Waals surface area (Å²) in [7, 11) is 0. The van der Waals surface area contributed by atoms with Crippen molar-refractivity contribution in [2.75, 3.05) is 0 Å². The second-order valence-electron chi connectivity index (χ2n) is 3.94. The maximum Gasteiger partial charge on any atom is 0.0406 e. The van der Waals surface area contributed by atoms with Crippen LogP contribution < -0.4 is 5.73 Å². The molecular weight excluding hydrogens is 182 g/mol. The van der Waals surface area contributed by atoms with Gasteiger partial charge in [-0.05, 0) is 30.5 Å². The fraction of sp³-hybridized carbons (Fsp3) is 0.455. The van der Waals surface area contributed by atoms with Crippen LogP contribution >= 0.6 is 11.6 Å². The van der Waals surface area contributed by atoms with Crippen LogP contribution in [-0.2, 0) is 5.54 Å². The van der Waals surface area contributed by atoms with E-state index >= 15 is 0 Å². The van der Waals surface area contributed by atoms with Crippen molar-refractivity contribution in [2.45, 2.75) is 26.3 Å². The van der Waals surface area contributed by atoms with E-state index in [9.17, 15) is 0 Å². The minimum atomic E-state index is -0.273. The van der Waals surface area contributed by atoms with Crippen molar-refractivity contribution in [3.8, 4) is 0 Å². The van der Waals surface area contributed by atoms with Gasteiger partial charge in [0.05, 0.1) is 0 Å². The highest BCUT2D eigenvalue weighted by Crippen LogP contribution is 2.26. The first-order valence-electron chi connectivity index (χ1n) is 4.49. The van der Waals surface area contributed by atoms with Gasteiger partial charge in [-0.15, -0.1) is 0 Å². The van der Waals surface area contributed by atoms with Gasteiger partial charge in [0.1, 0.15) is 0 Å². The van der Waals surface area contributed by atoms with Crippen molar-refractivity contribution in [1.82, 2.24) is 0 Å². The zero-order valence-electron chi connectivity index (χ0n) is 8.34. The molecule has 1 atom stereocenters. The average Bonchev–Trinajstić information content (AvgIpc) is 2.04. The van der Waals surface area contributed by atoms with E-state index in [0.717, 1.165) is 10.6 Å². The molecule has 1 nitrogen and oxygen atoms in total. The van der Waals surface area contributed by atoms with Crippen molar-refractivity contribution in [3.05, 3.63) is 34.9 Å². The molecule has 0 bridgehead atoms. The molecule has 0 aliphatic heterocycles. The standard InChI is InChI=1S/C11H16ClN/c1-8(2)11(3,13)9-4-6-10(12)7-5-9/h4-8H,13H2,1-3H3/t11-/m1/s1. The third kappa shape index (κ3) is 2.23. The Bertz CT molecular complexity index is 275. The summed E-state index contributed by atoms with van der Waals surface area (Å²) in [6, 6.07) is 7.74. The topological polar surface area (TPSA) is 26.0 Å². The first kappa shape index (κ1) is 10.6. The number of hydrogen-bond donors (Lipinski definition) is 1. The molecule has 2 heteroatoms. The van der Waals surface area contributed by atoms with E-state index < -0.39 is 0 Å². The van der Waals surface area contributed by atoms with Crippen LogP contribution in [0.1, 0.15) is 26.3 Å². The van der Waals surface area contributed by atoms with Crippen molar-refractivity contribution in [2.24, 2.45) is 11.7 Å². The number of hydrogen-bond acceptors (Lipinski definition) is 1. The molecule has 2 N–H and O–H groups in total. The Hall–Kier alpha value is -0.530. The average molecular weight is 198 g/mol. The number of benzene rings is 1. The van der Waals surface area contributed by atoms with Crippen LogP contribution in [0.5, 0.6) is 0 Å². The summed E-state index contributed by atoms with van der Waals surface area (Å²) in [6.07, 6.45) is 0. The maximum atomic E-state index is 6.19. The van der Waals surface area contributed by atoms with Crippen LogP contribution in [0.2, 0.25) is 5.02 Å². The first-order valence-corrected chi connectivity index (χ1v) is 4.87. The lowest BCUT2D eigenvalue weighted by molar-refractivity contribution is 0.350. The lowest BCUT2D eigenvalue weighted by Gasteiger charge is -2.29. The Kier molecular flexibility index (Phi) is 2.99. The van der Waals surface area contributed by atoms with E-state index in [0.29, 0.717) is 5.92 Å². The zero-order valence-corrected chi connectivity index (χ0v) is 9.10. The summed E-state index contributed by atoms with van der Waals surface area (Å²) in [4.78, 5) is 0. The van der Waals surface area contributed by atoms with Crippen molar-refractivity contribution < 1.29 is 0 Å². The van der Waals surface area contributed by atoms with Gasteiger partial charge >= 0.3 is 0 Å². The minimum Gasteiger partial charge on any atom is -0.321 e. The van der Waals surface area contributed by atoms with Crippen molar-refractivity contribution in [1.29, 1.82) is 0 Å². The Morgan fingerprint density at radius 1 is 1.23 bits per heavy atom. The number of halogens is 1. The quantitative estimate of drug-likeness (QED) is 0.775. The predicted molar refractivity (Wildman–Crippen MR) is 57.8 cm³/mol. The molecule has 0 heterocycles. The molecule has 0 saturated carbocycles. The normalized spacial score (nSPS) is 15.8. The molecular formula is C11H16ClN. The van der Waals surface area contributed by atoms with E-state index in [1.54, 1.807) is 0 Å². The molecule has 0 spiro atoms. The Balaban J connectivity index is 3.01. The predicted octanol–water partition coefficient (Wildman–Crippen LogP) is 3.17. The van der Waals surface area contributed by atoms with Gasteiger partial charge in [-0.3, -0.25) is 0 Å². The molecule has 1 rings (SSSR count). The van der Waals surface area contributed by atoms with E-state index in [2.05, 4.69) is 13.8 Å². The molecule has 1 aromatic carbocycles. The molecule has 0 aromatic heterocycles. The fourth-order valence-electron chi connectivity index (χ4n) is 1.14. The van der Waals surface area contributed by atoms with Crippen LogP contribution in [0.3, 0.4) is 0 Å². The van der Waals surface area contributed by atoms with E-state index in [4.69, 9.17) is 17.3 Å². The molecule has 0 radical (unpaired) electrons. The largest absolute Gasteiger partial charge is 0.321 e. The molecule has 13 heavy (non-hydrogen) atoms. The fourth-order valence-corrected chi connectivity index (χ4v) is 1.27. The zero-order chi connectivity index (χ0) is 10.1. The van der Waals surface area contributed by atoms with Crippen LogP contribution in [0.25, 0.3) is 0 Å². The molecule has 0 unspecified atom stereocenters. The van der Waals surface area contributed by atoms with Crippen molar-refractivity contribution >= 4 is 11.6 Å². The first-order chi connectivity index (χ1) is 5.94. The van der Waals surface area contributed by atoms with Gasteiger partial charge in [0, 0.05) is 10.6 Å². The third-order valence-corrected chi connectivity index (χ3v) is 2.92. The molecule has 0 aliphatic rings. The molecule has 0 fully saturated rings. The maximum absolute atomic E-state index is 6.19. The molecule has 72 valence electrons. The van der Waals surface area contributed by atoms with Gasteiger partial charge in [0.2, 0.25) is 0 Å². The van der Waals surface area contributed by atoms with Gasteiger partial charge < -0.3 is 5.73 Å². The molecule has 0 amide bonds. The monoisotopic (exact) mass is 197 g/mol. The van der Waals surface area contributed by atoms with Crippen LogP contribution in [-0.4, -0.2) is 0 Å². The SMILES string of the molecule is CC(C)[C@@](C)(N)c1ccc(Cl)cc1. The molecule has 0 aliphatic carbocycles. The lowest BCUT2D eigenvalue weighted by atomic mass is 9.83. The van der Waals surface area contributed by atoms with Gasteiger partial charge in [-0.2, -0.15) is 0 Å². The van der Waals surface area contributed by atoms with Crippen molar-refractivity contribution in [3.63, 3.8) is 0 Å². The Morgan fingerprint density at radius 3 is 2.08 bits per heavy atom. The van der Waals surface area contributed by atoms with Gasteiger partial charge in [0.25, 0.3) is 0 Å². The Morgan fingerprint density at radius 2 is 1.69 bits per heavy atom. The summed E-state index contributed by atoms with van der Waals surface area (Å²) in [5.41, 5.74) is 7.05. The number of rotatable bonds is 2. The highest BCUT2D eigenvalue weighted by molar-refractivity contribution is 6.30. The van der Waals surface area contributed by atoms with Crippen LogP contribution in [0.15, 0.2) is 24.3 Å². The van der Waals surface area contributed by atoms with Crippen LogP contribution in [0, 0.1) is 5.92 Å². The van der Waals surface area contributed by atoms with Gasteiger partial charge in [-0.25, -0.2) is 0 Å². The van der Waals surface area contributed by atoms with E-state index in [1.165, 1.54) is 0 Å². The lowest BCUT2D eigenvalue weighted by Crippen LogP contribution is -2.38. The summed E-state index contributed by atoms with van der Waals surface area (Å²) < 4.78 is 0. The van der Waals surface area contributed by atoms with E-state index in [1.807, 2.05) is 31.2 Å². The van der Waals surface area contributed by atoms with Gasteiger partial charge in [0.15, 0.2) is 0 Å². The van der Waals surface area contributed by atoms with E-state index in [-0.39, 0.29) is 5.54 Å². The van der Waals surface area contributed by atoms with Crippen LogP contribution in [0.4, 0.5) is 0 Å². The third-order valence-electron chi connectivity index (χ3n) is 2.67. The highest BCUT2D eigenvalue weighted by atomic mass is 35.5. The second kappa shape index (κ2) is 3.69. The van der Waals surface area contributed by atoms with Gasteiger partial charge in [-0.1, -0.05) is 37.6 Å². The Labute approximate surface area is 84.9 Å². The summed E-state index contributed by atoms with van der Waals surface area (Å²) in [5.74, 6) is 0.411.